The first-order valence-corrected chi connectivity index (χ1v) is 7.28. The van der Waals surface area contributed by atoms with Crippen molar-refractivity contribution in [2.45, 2.75) is 20.3 Å². The van der Waals surface area contributed by atoms with E-state index in [9.17, 15) is 4.79 Å². The van der Waals surface area contributed by atoms with Gasteiger partial charge in [0, 0.05) is 9.50 Å². The Morgan fingerprint density at radius 1 is 1.35 bits per heavy atom. The van der Waals surface area contributed by atoms with E-state index < -0.39 is 0 Å². The molecule has 0 saturated heterocycles. The number of carbonyl (C=O) groups excluding carboxylic acids is 1. The number of benzene rings is 1. The highest BCUT2D eigenvalue weighted by Gasteiger charge is 2.14. The quantitative estimate of drug-likeness (QED) is 0.906. The lowest BCUT2D eigenvalue weighted by molar-refractivity contribution is 0.102. The highest BCUT2D eigenvalue weighted by Crippen LogP contribution is 2.26. The van der Waals surface area contributed by atoms with Gasteiger partial charge in [0.15, 0.2) is 0 Å². The number of aromatic nitrogens is 2. The maximum atomic E-state index is 12.4. The van der Waals surface area contributed by atoms with Crippen LogP contribution < -0.4 is 5.32 Å². The molecule has 2 aromatic rings. The number of rotatable bonds is 3. The van der Waals surface area contributed by atoms with E-state index >= 15 is 0 Å². The van der Waals surface area contributed by atoms with Crippen molar-refractivity contribution in [1.82, 2.24) is 10.2 Å². The van der Waals surface area contributed by atoms with Gasteiger partial charge in [0.05, 0.1) is 22.6 Å². The maximum absolute atomic E-state index is 12.4. The molecule has 0 atom stereocenters. The molecule has 2 rings (SSSR count). The van der Waals surface area contributed by atoms with Gasteiger partial charge in [-0.2, -0.15) is 10.2 Å². The number of anilines is 1. The van der Waals surface area contributed by atoms with E-state index in [0.717, 1.165) is 4.47 Å². The molecule has 0 unspecified atom stereocenters. The van der Waals surface area contributed by atoms with Gasteiger partial charge in [0.25, 0.3) is 5.91 Å². The highest BCUT2D eigenvalue weighted by atomic mass is 79.9. The molecule has 1 aromatic carbocycles. The smallest absolute Gasteiger partial charge is 0.257 e. The molecule has 0 spiro atoms. The van der Waals surface area contributed by atoms with Crippen LogP contribution in [0, 0.1) is 6.92 Å². The number of hydrogen-bond acceptors (Lipinski definition) is 3. The van der Waals surface area contributed by atoms with Crippen LogP contribution in [0.4, 0.5) is 5.69 Å². The van der Waals surface area contributed by atoms with Crippen molar-refractivity contribution in [2.24, 2.45) is 0 Å². The zero-order valence-corrected chi connectivity index (χ0v) is 13.4. The summed E-state index contributed by atoms with van der Waals surface area (Å²) in [5.74, 6) is -0.206. The van der Waals surface area contributed by atoms with Crippen LogP contribution in [-0.4, -0.2) is 16.1 Å². The van der Waals surface area contributed by atoms with E-state index in [0.29, 0.717) is 34.1 Å². The van der Waals surface area contributed by atoms with Crippen LogP contribution in [0.25, 0.3) is 0 Å². The molecule has 0 fully saturated rings. The number of amides is 1. The predicted molar refractivity (Wildman–Crippen MR) is 83.3 cm³/mol. The van der Waals surface area contributed by atoms with E-state index in [4.69, 9.17) is 11.6 Å². The van der Waals surface area contributed by atoms with Crippen LogP contribution in [0.5, 0.6) is 0 Å². The van der Waals surface area contributed by atoms with Gasteiger partial charge in [-0.3, -0.25) is 4.79 Å². The first kappa shape index (κ1) is 14.9. The molecule has 20 heavy (non-hydrogen) atoms. The van der Waals surface area contributed by atoms with Gasteiger partial charge >= 0.3 is 0 Å². The van der Waals surface area contributed by atoms with E-state index in [-0.39, 0.29) is 5.91 Å². The standard InChI is InChI=1S/C14H13BrClN3O/c1-3-12-10(6-8(2)18-19-12)14(20)17-13-5-4-9(16)7-11(13)15/h4-7H,3H2,1-2H3,(H,17,20). The maximum Gasteiger partial charge on any atom is 0.257 e. The third-order valence-electron chi connectivity index (χ3n) is 2.75. The molecule has 104 valence electrons. The van der Waals surface area contributed by atoms with Gasteiger partial charge in [0.1, 0.15) is 0 Å². The average Bonchev–Trinajstić information content (AvgIpc) is 2.41. The topological polar surface area (TPSA) is 54.9 Å². The Morgan fingerprint density at radius 3 is 2.75 bits per heavy atom. The lowest BCUT2D eigenvalue weighted by Crippen LogP contribution is -2.16. The Balaban J connectivity index is 2.30. The largest absolute Gasteiger partial charge is 0.321 e. The predicted octanol–water partition coefficient (Wildman–Crippen LogP) is 4.02. The lowest BCUT2D eigenvalue weighted by atomic mass is 10.1. The number of aryl methyl sites for hydroxylation is 2. The summed E-state index contributed by atoms with van der Waals surface area (Å²) in [4.78, 5) is 12.4. The fourth-order valence-corrected chi connectivity index (χ4v) is 2.53. The number of hydrogen-bond donors (Lipinski definition) is 1. The van der Waals surface area contributed by atoms with Crippen LogP contribution in [0.1, 0.15) is 28.7 Å². The summed E-state index contributed by atoms with van der Waals surface area (Å²) in [5.41, 5.74) is 2.60. The fourth-order valence-electron chi connectivity index (χ4n) is 1.75. The zero-order chi connectivity index (χ0) is 14.7. The Morgan fingerprint density at radius 2 is 2.10 bits per heavy atom. The summed E-state index contributed by atoms with van der Waals surface area (Å²) < 4.78 is 0.732. The summed E-state index contributed by atoms with van der Waals surface area (Å²) in [6.45, 7) is 3.75. The minimum absolute atomic E-state index is 0.206. The monoisotopic (exact) mass is 353 g/mol. The average molecular weight is 355 g/mol. The summed E-state index contributed by atoms with van der Waals surface area (Å²) in [6, 6.07) is 6.94. The molecular weight excluding hydrogens is 342 g/mol. The zero-order valence-electron chi connectivity index (χ0n) is 11.1. The molecule has 0 bridgehead atoms. The molecule has 1 heterocycles. The number of nitrogens with one attached hydrogen (secondary N) is 1. The third-order valence-corrected chi connectivity index (χ3v) is 3.64. The van der Waals surface area contributed by atoms with Crippen LogP contribution in [0.2, 0.25) is 5.02 Å². The molecule has 1 aromatic heterocycles. The van der Waals surface area contributed by atoms with E-state index in [1.807, 2.05) is 6.92 Å². The highest BCUT2D eigenvalue weighted by molar-refractivity contribution is 9.10. The Bertz CT molecular complexity index is 661. The van der Waals surface area contributed by atoms with Crippen molar-refractivity contribution >= 4 is 39.1 Å². The lowest BCUT2D eigenvalue weighted by Gasteiger charge is -2.10. The van der Waals surface area contributed by atoms with Gasteiger partial charge in [-0.15, -0.1) is 0 Å². The molecular formula is C14H13BrClN3O. The Kier molecular flexibility index (Phi) is 4.73. The van der Waals surface area contributed by atoms with Crippen molar-refractivity contribution in [3.63, 3.8) is 0 Å². The molecule has 0 aliphatic rings. The van der Waals surface area contributed by atoms with Crippen LogP contribution in [0.3, 0.4) is 0 Å². The molecule has 1 N–H and O–H groups in total. The first-order chi connectivity index (χ1) is 9.51. The number of halogens is 2. The minimum Gasteiger partial charge on any atom is -0.321 e. The SMILES string of the molecule is CCc1nnc(C)cc1C(=O)Nc1ccc(Cl)cc1Br. The molecule has 6 heteroatoms. The second kappa shape index (κ2) is 6.33. The van der Waals surface area contributed by atoms with E-state index in [1.54, 1.807) is 31.2 Å². The normalized spacial score (nSPS) is 10.4. The van der Waals surface area contributed by atoms with Crippen LogP contribution in [0.15, 0.2) is 28.7 Å². The van der Waals surface area contributed by atoms with Crippen LogP contribution in [-0.2, 0) is 6.42 Å². The van der Waals surface area contributed by atoms with Gasteiger partial charge in [0.2, 0.25) is 0 Å². The Labute approximate surface area is 130 Å². The second-order valence-electron chi connectivity index (χ2n) is 4.28. The minimum atomic E-state index is -0.206. The van der Waals surface area contributed by atoms with Gasteiger partial charge in [-0.1, -0.05) is 18.5 Å². The van der Waals surface area contributed by atoms with Crippen LogP contribution >= 0.6 is 27.5 Å². The molecule has 0 aliphatic carbocycles. The first-order valence-electron chi connectivity index (χ1n) is 6.11. The van der Waals surface area contributed by atoms with E-state index in [1.165, 1.54) is 0 Å². The van der Waals surface area contributed by atoms with Gasteiger partial charge in [-0.05, 0) is 53.5 Å². The molecule has 0 saturated carbocycles. The molecule has 0 aliphatic heterocycles. The van der Waals surface area contributed by atoms with Gasteiger partial charge < -0.3 is 5.32 Å². The number of carbonyl (C=O) groups is 1. The van der Waals surface area contributed by atoms with Crippen molar-refractivity contribution in [1.29, 1.82) is 0 Å². The Hall–Kier alpha value is -1.46. The molecule has 1 amide bonds. The van der Waals surface area contributed by atoms with Crippen molar-refractivity contribution < 1.29 is 4.79 Å². The summed E-state index contributed by atoms with van der Waals surface area (Å²) in [6.07, 6.45) is 0.651. The molecule has 4 nitrogen and oxygen atoms in total. The summed E-state index contributed by atoms with van der Waals surface area (Å²) in [7, 11) is 0. The third kappa shape index (κ3) is 3.35. The number of nitrogens with zero attached hydrogens (tertiary/aromatic N) is 2. The fraction of sp³-hybridized carbons (Fsp3) is 0.214. The molecule has 0 radical (unpaired) electrons. The van der Waals surface area contributed by atoms with Gasteiger partial charge in [-0.25, -0.2) is 0 Å². The van der Waals surface area contributed by atoms with E-state index in [2.05, 4.69) is 31.4 Å². The van der Waals surface area contributed by atoms with Crippen molar-refractivity contribution in [2.75, 3.05) is 5.32 Å². The van der Waals surface area contributed by atoms with Crippen molar-refractivity contribution in [3.05, 3.63) is 50.7 Å². The summed E-state index contributed by atoms with van der Waals surface area (Å²) in [5, 5.41) is 11.5. The van der Waals surface area contributed by atoms with Crippen molar-refractivity contribution in [3.8, 4) is 0 Å². The second-order valence-corrected chi connectivity index (χ2v) is 5.57. The summed E-state index contributed by atoms with van der Waals surface area (Å²) >= 11 is 9.25.